The first-order valence-corrected chi connectivity index (χ1v) is 9.36. The first kappa shape index (κ1) is 20.1. The molecule has 0 saturated heterocycles. The number of rotatable bonds is 1. The minimum atomic E-state index is -0.615. The number of nitrogens with zero attached hydrogens (tertiary/aromatic N) is 1. The summed E-state index contributed by atoms with van der Waals surface area (Å²) in [7, 11) is -0.891. The van der Waals surface area contributed by atoms with Gasteiger partial charge in [-0.05, 0) is 62.3 Å². The highest BCUT2D eigenvalue weighted by Gasteiger charge is 2.46. The molecule has 0 spiro atoms. The third kappa shape index (κ3) is 7.09. The second-order valence-corrected chi connectivity index (χ2v) is 14.4. The lowest BCUT2D eigenvalue weighted by atomic mass is 10.2. The van der Waals surface area contributed by atoms with Gasteiger partial charge >= 0.3 is 0 Å². The SMILES string of the molecule is C[PH+](N=[P+](C(C)(C)C)C(C)(C)C)C(C)(C)C.[Cl-]. The quantitative estimate of drug-likeness (QED) is 0.660. The van der Waals surface area contributed by atoms with E-state index in [1.54, 1.807) is 0 Å². The van der Waals surface area contributed by atoms with Gasteiger partial charge in [-0.2, -0.15) is 0 Å². The van der Waals surface area contributed by atoms with Crippen molar-refractivity contribution in [2.24, 2.45) is 4.52 Å². The van der Waals surface area contributed by atoms with Crippen molar-refractivity contribution in [3.05, 3.63) is 0 Å². The first-order chi connectivity index (χ1) is 6.76. The predicted molar refractivity (Wildman–Crippen MR) is 82.8 cm³/mol. The van der Waals surface area contributed by atoms with Crippen LogP contribution < -0.4 is 12.4 Å². The van der Waals surface area contributed by atoms with E-state index in [1.807, 2.05) is 0 Å². The molecule has 1 unspecified atom stereocenters. The van der Waals surface area contributed by atoms with E-state index in [0.717, 1.165) is 0 Å². The van der Waals surface area contributed by atoms with Gasteiger partial charge in [-0.1, -0.05) is 0 Å². The van der Waals surface area contributed by atoms with Crippen LogP contribution in [0.25, 0.3) is 0 Å². The molecule has 0 amide bonds. The topological polar surface area (TPSA) is 12.4 Å². The Hall–Kier alpha value is 0.820. The molecule has 0 aromatic rings. The van der Waals surface area contributed by atoms with Gasteiger partial charge in [0, 0.05) is 4.52 Å². The molecule has 4 heteroatoms. The van der Waals surface area contributed by atoms with Crippen LogP contribution in [0, 0.1) is 0 Å². The van der Waals surface area contributed by atoms with Crippen molar-refractivity contribution in [3.63, 3.8) is 0 Å². The molecule has 0 rings (SSSR count). The molecule has 0 fully saturated rings. The van der Waals surface area contributed by atoms with E-state index in [-0.39, 0.29) is 20.1 Å². The van der Waals surface area contributed by atoms with Crippen LogP contribution in [0.3, 0.4) is 0 Å². The summed E-state index contributed by atoms with van der Waals surface area (Å²) in [4.78, 5) is 0. The molecule has 0 heterocycles. The van der Waals surface area contributed by atoms with Gasteiger partial charge < -0.3 is 12.4 Å². The van der Waals surface area contributed by atoms with Gasteiger partial charge in [-0.15, -0.1) is 0 Å². The molecule has 0 saturated carbocycles. The third-order valence-electron chi connectivity index (χ3n) is 2.61. The van der Waals surface area contributed by atoms with Crippen LogP contribution in [-0.4, -0.2) is 22.1 Å². The Morgan fingerprint density at radius 1 is 0.765 bits per heavy atom. The van der Waals surface area contributed by atoms with Crippen LogP contribution >= 0.6 is 15.8 Å². The molecular weight excluding hydrogens is 268 g/mol. The Morgan fingerprint density at radius 3 is 1.24 bits per heavy atom. The Morgan fingerprint density at radius 2 is 1.06 bits per heavy atom. The van der Waals surface area contributed by atoms with E-state index in [0.29, 0.717) is 15.5 Å². The second kappa shape index (κ2) is 6.31. The van der Waals surface area contributed by atoms with Crippen molar-refractivity contribution >= 4 is 15.8 Å². The molecular formula is C13H31ClNP2+. The maximum absolute atomic E-state index is 5.26. The molecule has 104 valence electrons. The summed E-state index contributed by atoms with van der Waals surface area (Å²) in [5.74, 6) is 0. The largest absolute Gasteiger partial charge is 1.00 e. The van der Waals surface area contributed by atoms with E-state index in [4.69, 9.17) is 4.52 Å². The first-order valence-electron chi connectivity index (χ1n) is 6.12. The maximum Gasteiger partial charge on any atom is 0.256 e. The molecule has 17 heavy (non-hydrogen) atoms. The summed E-state index contributed by atoms with van der Waals surface area (Å²) >= 11 is 0. The average molecular weight is 299 g/mol. The predicted octanol–water partition coefficient (Wildman–Crippen LogP) is 2.81. The van der Waals surface area contributed by atoms with Crippen molar-refractivity contribution in [1.29, 1.82) is 0 Å². The minimum absolute atomic E-state index is 0. The monoisotopic (exact) mass is 298 g/mol. The zero-order chi connectivity index (χ0) is 13.4. The molecule has 0 bridgehead atoms. The molecule has 1 atom stereocenters. The molecule has 0 aliphatic rings. The summed E-state index contributed by atoms with van der Waals surface area (Å²) in [6.45, 7) is 23.4. The van der Waals surface area contributed by atoms with E-state index in [2.05, 4.69) is 69.0 Å². The highest BCUT2D eigenvalue weighted by atomic mass is 35.5. The summed E-state index contributed by atoms with van der Waals surface area (Å²) in [5.41, 5.74) is 0. The van der Waals surface area contributed by atoms with Crippen LogP contribution in [0.5, 0.6) is 0 Å². The van der Waals surface area contributed by atoms with Crippen molar-refractivity contribution in [3.8, 4) is 0 Å². The molecule has 1 nitrogen and oxygen atoms in total. The standard InChI is InChI=1S/C13H30NP2.ClH/c1-11(2,3)15(10)14-16(12(4,5)6)13(7,8)9;/h1-10H3;1H/q+1;. The van der Waals surface area contributed by atoms with E-state index < -0.39 is 8.07 Å². The van der Waals surface area contributed by atoms with E-state index in [1.165, 1.54) is 0 Å². The van der Waals surface area contributed by atoms with Crippen molar-refractivity contribution in [2.75, 3.05) is 6.66 Å². The Bertz CT molecular complexity index is 251. The highest BCUT2D eigenvalue weighted by molar-refractivity contribution is 7.65. The molecule has 0 aromatic carbocycles. The Balaban J connectivity index is 0. The summed E-state index contributed by atoms with van der Waals surface area (Å²) in [5, 5.41) is 1.03. The van der Waals surface area contributed by atoms with Gasteiger partial charge in [0.1, 0.15) is 10.3 Å². The average Bonchev–Trinajstić information content (AvgIpc) is 1.92. The van der Waals surface area contributed by atoms with Crippen LogP contribution in [0.15, 0.2) is 4.52 Å². The van der Waals surface area contributed by atoms with Gasteiger partial charge in [0.05, 0.1) is 11.8 Å². The van der Waals surface area contributed by atoms with E-state index >= 15 is 0 Å². The zero-order valence-corrected chi connectivity index (χ0v) is 15.9. The summed E-state index contributed by atoms with van der Waals surface area (Å²) in [6, 6.07) is 0. The van der Waals surface area contributed by atoms with Gasteiger partial charge in [0.2, 0.25) is 0 Å². The third-order valence-corrected chi connectivity index (χ3v) is 9.32. The van der Waals surface area contributed by atoms with Crippen molar-refractivity contribution < 1.29 is 12.4 Å². The fourth-order valence-electron chi connectivity index (χ4n) is 1.61. The number of hydrogen-bond donors (Lipinski definition) is 0. The van der Waals surface area contributed by atoms with Crippen LogP contribution in [-0.2, 0) is 0 Å². The molecule has 0 aromatic heterocycles. The van der Waals surface area contributed by atoms with Crippen LogP contribution in [0.1, 0.15) is 62.3 Å². The molecule has 0 aliphatic carbocycles. The fourth-order valence-corrected chi connectivity index (χ4v) is 8.42. The normalized spacial score (nSPS) is 14.9. The number of hydrogen-bond acceptors (Lipinski definition) is 1. The van der Waals surface area contributed by atoms with Gasteiger partial charge in [0.15, 0.2) is 8.07 Å². The highest BCUT2D eigenvalue weighted by Crippen LogP contribution is 2.61. The number of halogens is 1. The Kier molecular flexibility index (Phi) is 7.48. The second-order valence-electron chi connectivity index (χ2n) is 7.59. The summed E-state index contributed by atoms with van der Waals surface area (Å²) in [6.07, 6.45) is 0. The lowest BCUT2D eigenvalue weighted by molar-refractivity contribution is -0.00000463. The lowest BCUT2D eigenvalue weighted by Crippen LogP contribution is -3.00. The lowest BCUT2D eigenvalue weighted by Gasteiger charge is -2.21. The van der Waals surface area contributed by atoms with Gasteiger partial charge in [-0.25, -0.2) is 0 Å². The minimum Gasteiger partial charge on any atom is -1.00 e. The summed E-state index contributed by atoms with van der Waals surface area (Å²) < 4.78 is 5.26. The van der Waals surface area contributed by atoms with Gasteiger partial charge in [0.25, 0.3) is 7.71 Å². The van der Waals surface area contributed by atoms with Crippen LogP contribution in [0.4, 0.5) is 0 Å². The van der Waals surface area contributed by atoms with Crippen LogP contribution in [0.2, 0.25) is 0 Å². The molecule has 0 radical (unpaired) electrons. The van der Waals surface area contributed by atoms with Crippen molar-refractivity contribution in [1.82, 2.24) is 0 Å². The smallest absolute Gasteiger partial charge is 0.256 e. The molecule has 0 aliphatic heterocycles. The zero-order valence-electron chi connectivity index (χ0n) is 13.3. The Labute approximate surface area is 117 Å². The van der Waals surface area contributed by atoms with Crippen molar-refractivity contribution in [2.45, 2.75) is 77.8 Å². The van der Waals surface area contributed by atoms with Gasteiger partial charge in [-0.3, -0.25) is 0 Å². The fraction of sp³-hybridized carbons (Fsp3) is 1.00. The maximum atomic E-state index is 5.26. The van der Waals surface area contributed by atoms with E-state index in [9.17, 15) is 0 Å². The molecule has 0 N–H and O–H groups in total.